The van der Waals surface area contributed by atoms with Gasteiger partial charge in [-0.2, -0.15) is 17.0 Å². The van der Waals surface area contributed by atoms with Crippen LogP contribution in [0.25, 0.3) is 0 Å². The first-order valence-corrected chi connectivity index (χ1v) is 9.52. The van der Waals surface area contributed by atoms with Crippen LogP contribution in [0.2, 0.25) is 0 Å². The van der Waals surface area contributed by atoms with Crippen molar-refractivity contribution in [2.24, 2.45) is 0 Å². The molecule has 0 unspecified atom stereocenters. The van der Waals surface area contributed by atoms with Crippen LogP contribution in [0.4, 0.5) is 11.4 Å². The maximum atomic E-state index is 11.2. The highest BCUT2D eigenvalue weighted by Gasteiger charge is 2.17. The summed E-state index contributed by atoms with van der Waals surface area (Å²) in [6, 6.07) is 8.02. The molecular formula is C18H21N5OS. The smallest absolute Gasteiger partial charge is 0.254 e. The predicted molar refractivity (Wildman–Crippen MR) is 102 cm³/mol. The Kier molecular flexibility index (Phi) is 5.61. The quantitative estimate of drug-likeness (QED) is 0.715. The van der Waals surface area contributed by atoms with Crippen LogP contribution in [0.3, 0.4) is 0 Å². The third-order valence-electron chi connectivity index (χ3n) is 4.41. The predicted octanol–water partition coefficient (Wildman–Crippen LogP) is 2.66. The van der Waals surface area contributed by atoms with Crippen LogP contribution < -0.4 is 16.6 Å². The minimum absolute atomic E-state index is 0.0298. The molecule has 0 radical (unpaired) electrons. The van der Waals surface area contributed by atoms with E-state index >= 15 is 0 Å². The van der Waals surface area contributed by atoms with Crippen molar-refractivity contribution < 1.29 is 0 Å². The Bertz CT molecular complexity index is 838. The number of nitriles is 1. The fourth-order valence-electron chi connectivity index (χ4n) is 2.71. The number of H-pyrrole nitrogens is 1. The molecule has 1 saturated carbocycles. The molecule has 0 bridgehead atoms. The summed E-state index contributed by atoms with van der Waals surface area (Å²) in [6.07, 6.45) is 6.16. The highest BCUT2D eigenvalue weighted by atomic mass is 32.2. The lowest BCUT2D eigenvalue weighted by Crippen LogP contribution is -2.27. The lowest BCUT2D eigenvalue weighted by molar-refractivity contribution is 0.446. The number of thioether (sulfide) groups is 1. The van der Waals surface area contributed by atoms with Gasteiger partial charge in [0.2, 0.25) is 0 Å². The second-order valence-electron chi connectivity index (χ2n) is 6.15. The summed E-state index contributed by atoms with van der Waals surface area (Å²) in [7, 11) is 0. The zero-order chi connectivity index (χ0) is 17.6. The molecule has 25 heavy (non-hydrogen) atoms. The summed E-state index contributed by atoms with van der Waals surface area (Å²) >= 11 is 1.79. The molecule has 1 fully saturated rings. The number of hydrogen-bond acceptors (Lipinski definition) is 6. The number of aryl methyl sites for hydroxylation is 1. The molecule has 0 atom stereocenters. The first-order valence-electron chi connectivity index (χ1n) is 8.36. The van der Waals surface area contributed by atoms with Crippen molar-refractivity contribution in [1.29, 1.82) is 5.26 Å². The van der Waals surface area contributed by atoms with E-state index in [0.29, 0.717) is 17.3 Å². The number of nitrogens with zero attached hydrogens (tertiary/aromatic N) is 2. The standard InChI is InChI=1S/C11H13N3.C7H8N2OS/c12-7-8-4-5-11(10(13)6-8)14-9-2-1-3-9;10-7-5-3-11-2-1-6(5)8-4-9-7/h4-6,9,14H,1-3,13H2;4H,1-3H2,(H,8,9,10). The Hall–Kier alpha value is -2.46. The fourth-order valence-corrected chi connectivity index (χ4v) is 3.69. The van der Waals surface area contributed by atoms with Crippen molar-refractivity contribution in [3.63, 3.8) is 0 Å². The molecule has 2 aromatic rings. The number of aromatic nitrogens is 2. The van der Waals surface area contributed by atoms with E-state index in [1.807, 2.05) is 6.07 Å². The summed E-state index contributed by atoms with van der Waals surface area (Å²) in [5.74, 6) is 1.90. The van der Waals surface area contributed by atoms with Gasteiger partial charge >= 0.3 is 0 Å². The molecule has 6 nitrogen and oxygen atoms in total. The minimum atomic E-state index is 0.0298. The molecule has 4 rings (SSSR count). The molecule has 130 valence electrons. The number of rotatable bonds is 2. The summed E-state index contributed by atoms with van der Waals surface area (Å²) in [6.45, 7) is 0. The molecule has 1 aromatic carbocycles. The second kappa shape index (κ2) is 8.08. The molecule has 0 amide bonds. The average molecular weight is 355 g/mol. The molecular weight excluding hydrogens is 334 g/mol. The molecule has 1 aliphatic carbocycles. The van der Waals surface area contributed by atoms with Crippen LogP contribution in [0.1, 0.15) is 36.1 Å². The van der Waals surface area contributed by atoms with Gasteiger partial charge in [-0.05, 0) is 49.6 Å². The van der Waals surface area contributed by atoms with Gasteiger partial charge in [0, 0.05) is 17.4 Å². The van der Waals surface area contributed by atoms with Gasteiger partial charge in [0.15, 0.2) is 0 Å². The summed E-state index contributed by atoms with van der Waals surface area (Å²) < 4.78 is 0. The van der Waals surface area contributed by atoms with E-state index in [1.165, 1.54) is 25.6 Å². The Morgan fingerprint density at radius 3 is 2.88 bits per heavy atom. The maximum absolute atomic E-state index is 11.2. The number of hydrogen-bond donors (Lipinski definition) is 3. The van der Waals surface area contributed by atoms with Crippen LogP contribution in [-0.4, -0.2) is 21.8 Å². The molecule has 2 aliphatic rings. The fraction of sp³-hybridized carbons (Fsp3) is 0.389. The Balaban J connectivity index is 0.000000150. The number of nitrogens with one attached hydrogen (secondary N) is 2. The van der Waals surface area contributed by atoms with Crippen LogP contribution in [0.15, 0.2) is 29.3 Å². The molecule has 7 heteroatoms. The molecule has 0 spiro atoms. The van der Waals surface area contributed by atoms with Crippen LogP contribution in [0.5, 0.6) is 0 Å². The van der Waals surface area contributed by atoms with Crippen molar-refractivity contribution in [1.82, 2.24) is 9.97 Å². The van der Waals surface area contributed by atoms with Crippen LogP contribution in [0, 0.1) is 11.3 Å². The van der Waals surface area contributed by atoms with E-state index in [9.17, 15) is 4.79 Å². The second-order valence-corrected chi connectivity index (χ2v) is 7.25. The van der Waals surface area contributed by atoms with Gasteiger partial charge < -0.3 is 16.0 Å². The maximum Gasteiger partial charge on any atom is 0.254 e. The molecule has 4 N–H and O–H groups in total. The third-order valence-corrected chi connectivity index (χ3v) is 5.40. The van der Waals surface area contributed by atoms with E-state index in [4.69, 9.17) is 11.0 Å². The van der Waals surface area contributed by atoms with Crippen LogP contribution in [-0.2, 0) is 12.2 Å². The Morgan fingerprint density at radius 2 is 2.24 bits per heavy atom. The minimum Gasteiger partial charge on any atom is -0.397 e. The third kappa shape index (κ3) is 4.34. The van der Waals surface area contributed by atoms with Gasteiger partial charge in [0.25, 0.3) is 5.56 Å². The Labute approximate surface area is 150 Å². The molecule has 1 aromatic heterocycles. The number of fused-ring (bicyclic) bond motifs is 1. The van der Waals surface area contributed by atoms with E-state index in [1.54, 1.807) is 23.9 Å². The lowest BCUT2D eigenvalue weighted by atomic mass is 9.93. The van der Waals surface area contributed by atoms with Crippen molar-refractivity contribution in [2.75, 3.05) is 16.8 Å². The topological polar surface area (TPSA) is 108 Å². The zero-order valence-electron chi connectivity index (χ0n) is 13.9. The van der Waals surface area contributed by atoms with Gasteiger partial charge in [-0.1, -0.05) is 0 Å². The SMILES string of the molecule is N#Cc1ccc(NC2CCC2)c(N)c1.O=c1[nH]cnc2c1CSCC2. The number of aromatic amines is 1. The number of anilines is 2. The average Bonchev–Trinajstić information content (AvgIpc) is 2.60. The Morgan fingerprint density at radius 1 is 1.40 bits per heavy atom. The molecule has 2 heterocycles. The number of nitrogen functional groups attached to an aromatic ring is 1. The van der Waals surface area contributed by atoms with Gasteiger partial charge in [-0.15, -0.1) is 0 Å². The van der Waals surface area contributed by atoms with E-state index in [-0.39, 0.29) is 5.56 Å². The normalized spacial score (nSPS) is 15.8. The lowest BCUT2D eigenvalue weighted by Gasteiger charge is -2.28. The highest BCUT2D eigenvalue weighted by molar-refractivity contribution is 7.98. The van der Waals surface area contributed by atoms with Crippen molar-refractivity contribution in [3.05, 3.63) is 51.7 Å². The molecule has 0 saturated heterocycles. The summed E-state index contributed by atoms with van der Waals surface area (Å²) in [5.41, 5.74) is 9.91. The first kappa shape index (κ1) is 17.4. The highest BCUT2D eigenvalue weighted by Crippen LogP contribution is 2.27. The monoisotopic (exact) mass is 355 g/mol. The van der Waals surface area contributed by atoms with Crippen molar-refractivity contribution >= 4 is 23.1 Å². The van der Waals surface area contributed by atoms with Gasteiger partial charge in [0.05, 0.1) is 35.0 Å². The first-order chi connectivity index (χ1) is 12.2. The van der Waals surface area contributed by atoms with E-state index in [0.717, 1.165) is 34.9 Å². The zero-order valence-corrected chi connectivity index (χ0v) is 14.7. The van der Waals surface area contributed by atoms with Gasteiger partial charge in [0.1, 0.15) is 0 Å². The van der Waals surface area contributed by atoms with Gasteiger partial charge in [-0.25, -0.2) is 4.98 Å². The largest absolute Gasteiger partial charge is 0.397 e. The number of nitrogens with two attached hydrogens (primary N) is 1. The van der Waals surface area contributed by atoms with E-state index in [2.05, 4.69) is 21.4 Å². The van der Waals surface area contributed by atoms with Gasteiger partial charge in [-0.3, -0.25) is 4.79 Å². The number of benzene rings is 1. The molecule has 1 aliphatic heterocycles. The van der Waals surface area contributed by atoms with Crippen molar-refractivity contribution in [3.8, 4) is 6.07 Å². The van der Waals surface area contributed by atoms with E-state index < -0.39 is 0 Å². The summed E-state index contributed by atoms with van der Waals surface area (Å²) in [5, 5.41) is 12.0. The van der Waals surface area contributed by atoms with Crippen molar-refractivity contribution in [2.45, 2.75) is 37.5 Å². The summed E-state index contributed by atoms with van der Waals surface area (Å²) in [4.78, 5) is 17.8. The van der Waals surface area contributed by atoms with Crippen LogP contribution >= 0.6 is 11.8 Å².